The second-order valence-electron chi connectivity index (χ2n) is 6.53. The molecule has 1 unspecified atom stereocenters. The highest BCUT2D eigenvalue weighted by molar-refractivity contribution is 5.82. The van der Waals surface area contributed by atoms with Crippen LogP contribution in [0.1, 0.15) is 6.42 Å². The summed E-state index contributed by atoms with van der Waals surface area (Å²) >= 11 is 0. The lowest BCUT2D eigenvalue weighted by Crippen LogP contribution is -2.15. The van der Waals surface area contributed by atoms with E-state index in [0.717, 1.165) is 22.3 Å². The molecule has 2 heterocycles. The van der Waals surface area contributed by atoms with Gasteiger partial charge in [-0.15, -0.1) is 0 Å². The molecule has 0 aliphatic heterocycles. The predicted molar refractivity (Wildman–Crippen MR) is 91.4 cm³/mol. The van der Waals surface area contributed by atoms with Crippen LogP contribution in [0.2, 0.25) is 0 Å². The van der Waals surface area contributed by atoms with Crippen molar-refractivity contribution in [1.82, 2.24) is 14.3 Å². The summed E-state index contributed by atoms with van der Waals surface area (Å²) in [7, 11) is 1.69. The number of hydrogen-bond donors (Lipinski definition) is 0. The van der Waals surface area contributed by atoms with Gasteiger partial charge in [-0.3, -0.25) is 9.48 Å². The Labute approximate surface area is 143 Å². The van der Waals surface area contributed by atoms with Crippen LogP contribution in [0.15, 0.2) is 59.8 Å². The molecule has 2 aromatic heterocycles. The van der Waals surface area contributed by atoms with E-state index in [1.807, 2.05) is 30.3 Å². The quantitative estimate of drug-likeness (QED) is 0.728. The first kappa shape index (κ1) is 15.7. The lowest BCUT2D eigenvalue weighted by molar-refractivity contribution is 0.0942. The van der Waals surface area contributed by atoms with Gasteiger partial charge >= 0.3 is 0 Å². The van der Waals surface area contributed by atoms with Crippen LogP contribution in [0, 0.1) is 5.92 Å². The van der Waals surface area contributed by atoms with Crippen LogP contribution in [0.4, 0.5) is 8.78 Å². The molecule has 6 heteroatoms. The zero-order valence-corrected chi connectivity index (χ0v) is 13.7. The number of aryl methyl sites for hydroxylation is 1. The van der Waals surface area contributed by atoms with Gasteiger partial charge in [0, 0.05) is 55.5 Å². The summed E-state index contributed by atoms with van der Waals surface area (Å²) in [4.78, 5) is 12.1. The molecule has 128 valence electrons. The number of pyridine rings is 1. The van der Waals surface area contributed by atoms with E-state index in [1.54, 1.807) is 36.4 Å². The molecule has 0 radical (unpaired) electrons. The Bertz CT molecular complexity index is 976. The Kier molecular flexibility index (Phi) is 3.56. The molecule has 1 aliphatic rings. The molecule has 0 saturated heterocycles. The van der Waals surface area contributed by atoms with Crippen molar-refractivity contribution in [3.8, 4) is 22.3 Å². The number of benzene rings is 1. The molecule has 0 amide bonds. The fourth-order valence-electron chi connectivity index (χ4n) is 3.01. The molecule has 0 bridgehead atoms. The van der Waals surface area contributed by atoms with Gasteiger partial charge in [0.2, 0.25) is 0 Å². The molecule has 25 heavy (non-hydrogen) atoms. The second kappa shape index (κ2) is 5.65. The molecule has 1 atom stereocenters. The Morgan fingerprint density at radius 2 is 1.88 bits per heavy atom. The lowest BCUT2D eigenvalue weighted by Gasteiger charge is -2.10. The van der Waals surface area contributed by atoms with Crippen molar-refractivity contribution in [2.45, 2.75) is 18.9 Å². The van der Waals surface area contributed by atoms with E-state index in [-0.39, 0.29) is 18.5 Å². The minimum atomic E-state index is -2.56. The molecule has 1 saturated carbocycles. The summed E-state index contributed by atoms with van der Waals surface area (Å²) in [5.74, 6) is -3.19. The van der Waals surface area contributed by atoms with E-state index in [0.29, 0.717) is 0 Å². The average Bonchev–Trinajstić information content (AvgIpc) is 2.97. The fraction of sp³-hybridized carbons (Fsp3) is 0.263. The van der Waals surface area contributed by atoms with Crippen molar-refractivity contribution < 1.29 is 8.78 Å². The Morgan fingerprint density at radius 3 is 2.56 bits per heavy atom. The Balaban J connectivity index is 1.74. The zero-order chi connectivity index (χ0) is 17.6. The molecule has 0 N–H and O–H groups in total. The highest BCUT2D eigenvalue weighted by atomic mass is 19.3. The number of aromatic nitrogens is 3. The topological polar surface area (TPSA) is 39.8 Å². The van der Waals surface area contributed by atoms with E-state index in [4.69, 9.17) is 0 Å². The van der Waals surface area contributed by atoms with Crippen molar-refractivity contribution >= 4 is 0 Å². The zero-order valence-electron chi connectivity index (χ0n) is 13.7. The van der Waals surface area contributed by atoms with Crippen LogP contribution in [-0.2, 0) is 13.6 Å². The van der Waals surface area contributed by atoms with Crippen molar-refractivity contribution in [3.63, 3.8) is 0 Å². The first-order valence-corrected chi connectivity index (χ1v) is 8.11. The molecule has 1 aliphatic carbocycles. The highest BCUT2D eigenvalue weighted by Crippen LogP contribution is 2.49. The normalized spacial score (nSPS) is 18.3. The SMILES string of the molecule is Cn1cc(-c2cnn(CC3CC3(F)F)c2)c(-c2ccccc2)cc1=O. The second-order valence-corrected chi connectivity index (χ2v) is 6.53. The van der Waals surface area contributed by atoms with Crippen LogP contribution in [0.25, 0.3) is 22.3 Å². The van der Waals surface area contributed by atoms with Gasteiger partial charge in [0.1, 0.15) is 0 Å². The summed E-state index contributed by atoms with van der Waals surface area (Å²) in [6.07, 6.45) is 5.11. The minimum absolute atomic E-state index is 0.0721. The standard InChI is InChI=1S/C19H17F2N3O/c1-23-12-17(16(7-18(23)25)13-5-3-2-4-6-13)14-9-22-24(10-14)11-15-8-19(15,20)21/h2-7,9-10,12,15H,8,11H2,1H3. The van der Waals surface area contributed by atoms with Crippen molar-refractivity contribution in [2.24, 2.45) is 13.0 Å². The van der Waals surface area contributed by atoms with Gasteiger partial charge in [0.05, 0.1) is 6.20 Å². The minimum Gasteiger partial charge on any atom is -0.318 e. The lowest BCUT2D eigenvalue weighted by atomic mass is 9.98. The predicted octanol–water partition coefficient (Wildman–Crippen LogP) is 3.57. The molecular weight excluding hydrogens is 324 g/mol. The fourth-order valence-corrected chi connectivity index (χ4v) is 3.01. The van der Waals surface area contributed by atoms with Gasteiger partial charge in [-0.25, -0.2) is 8.78 Å². The molecule has 4 nitrogen and oxygen atoms in total. The first-order chi connectivity index (χ1) is 11.9. The maximum Gasteiger partial charge on any atom is 0.253 e. The van der Waals surface area contributed by atoms with E-state index in [9.17, 15) is 13.6 Å². The van der Waals surface area contributed by atoms with Gasteiger partial charge in [-0.05, 0) is 11.1 Å². The molecule has 3 aromatic rings. The summed E-state index contributed by atoms with van der Waals surface area (Å²) in [5, 5.41) is 4.22. The molecule has 4 rings (SSSR count). The first-order valence-electron chi connectivity index (χ1n) is 8.11. The molecular formula is C19H17F2N3O. The Morgan fingerprint density at radius 1 is 1.16 bits per heavy atom. The van der Waals surface area contributed by atoms with Crippen LogP contribution in [0.5, 0.6) is 0 Å². The van der Waals surface area contributed by atoms with E-state index in [1.165, 1.54) is 4.57 Å². The highest BCUT2D eigenvalue weighted by Gasteiger charge is 2.56. The van der Waals surface area contributed by atoms with Crippen molar-refractivity contribution in [1.29, 1.82) is 0 Å². The molecule has 0 spiro atoms. The summed E-state index contributed by atoms with van der Waals surface area (Å²) in [6.45, 7) is 0.208. The van der Waals surface area contributed by atoms with Crippen LogP contribution in [-0.4, -0.2) is 20.3 Å². The van der Waals surface area contributed by atoms with Gasteiger partial charge in [0.15, 0.2) is 0 Å². The van der Waals surface area contributed by atoms with Crippen LogP contribution >= 0.6 is 0 Å². The summed E-state index contributed by atoms with van der Waals surface area (Å²) in [6, 6.07) is 11.2. The number of halogens is 2. The van der Waals surface area contributed by atoms with Crippen LogP contribution in [0.3, 0.4) is 0 Å². The van der Waals surface area contributed by atoms with E-state index >= 15 is 0 Å². The third-order valence-corrected chi connectivity index (χ3v) is 4.62. The number of nitrogens with zero attached hydrogens (tertiary/aromatic N) is 3. The van der Waals surface area contributed by atoms with Crippen molar-refractivity contribution in [2.75, 3.05) is 0 Å². The van der Waals surface area contributed by atoms with Gasteiger partial charge in [-0.1, -0.05) is 30.3 Å². The number of hydrogen-bond acceptors (Lipinski definition) is 2. The molecule has 1 fully saturated rings. The maximum atomic E-state index is 13.1. The largest absolute Gasteiger partial charge is 0.318 e. The monoisotopic (exact) mass is 341 g/mol. The Hall–Kier alpha value is -2.76. The third-order valence-electron chi connectivity index (χ3n) is 4.62. The van der Waals surface area contributed by atoms with E-state index < -0.39 is 11.8 Å². The summed E-state index contributed by atoms with van der Waals surface area (Å²) in [5.41, 5.74) is 3.28. The maximum absolute atomic E-state index is 13.1. The van der Waals surface area contributed by atoms with Crippen molar-refractivity contribution in [3.05, 3.63) is 65.3 Å². The van der Waals surface area contributed by atoms with E-state index in [2.05, 4.69) is 5.10 Å². The third kappa shape index (κ3) is 2.99. The number of rotatable bonds is 4. The average molecular weight is 341 g/mol. The molecule has 1 aromatic carbocycles. The summed E-state index contributed by atoms with van der Waals surface area (Å²) < 4.78 is 29.3. The van der Waals surface area contributed by atoms with Gasteiger partial charge < -0.3 is 4.57 Å². The van der Waals surface area contributed by atoms with Crippen LogP contribution < -0.4 is 5.56 Å². The number of alkyl halides is 2. The van der Waals surface area contributed by atoms with Gasteiger partial charge in [-0.2, -0.15) is 5.10 Å². The van der Waals surface area contributed by atoms with Gasteiger partial charge in [0.25, 0.3) is 11.5 Å². The smallest absolute Gasteiger partial charge is 0.253 e.